The van der Waals surface area contributed by atoms with Gasteiger partial charge in [0.15, 0.2) is 5.76 Å². The fourth-order valence-electron chi connectivity index (χ4n) is 2.87. The zero-order valence-electron chi connectivity index (χ0n) is 11.5. The van der Waals surface area contributed by atoms with Crippen LogP contribution in [0.3, 0.4) is 0 Å². The molecule has 3 rings (SSSR count). The van der Waals surface area contributed by atoms with E-state index in [2.05, 4.69) is 5.32 Å². The lowest BCUT2D eigenvalue weighted by Gasteiger charge is -2.31. The van der Waals surface area contributed by atoms with Crippen molar-refractivity contribution in [2.24, 2.45) is 5.41 Å². The third-order valence-corrected chi connectivity index (χ3v) is 4.11. The Kier molecular flexibility index (Phi) is 2.94. The van der Waals surface area contributed by atoms with Crippen LogP contribution in [-0.4, -0.2) is 18.9 Å². The maximum absolute atomic E-state index is 12.7. The molecule has 0 amide bonds. The van der Waals surface area contributed by atoms with E-state index in [4.69, 9.17) is 4.42 Å². The first-order valence-corrected chi connectivity index (χ1v) is 6.85. The molecule has 3 nitrogen and oxygen atoms in total. The van der Waals surface area contributed by atoms with E-state index < -0.39 is 0 Å². The lowest BCUT2D eigenvalue weighted by molar-refractivity contribution is 0.0744. The molecule has 100 valence electrons. The van der Waals surface area contributed by atoms with Crippen LogP contribution in [0.15, 0.2) is 28.7 Å². The Bertz CT molecular complexity index is 621. The van der Waals surface area contributed by atoms with Gasteiger partial charge in [-0.15, -0.1) is 0 Å². The molecule has 0 radical (unpaired) electrons. The highest BCUT2D eigenvalue weighted by Gasteiger charge is 2.37. The van der Waals surface area contributed by atoms with Crippen molar-refractivity contribution in [3.8, 4) is 0 Å². The number of para-hydroxylation sites is 1. The van der Waals surface area contributed by atoms with Gasteiger partial charge in [0, 0.05) is 17.3 Å². The van der Waals surface area contributed by atoms with Crippen molar-refractivity contribution in [1.82, 2.24) is 5.32 Å². The van der Waals surface area contributed by atoms with Crippen molar-refractivity contribution in [2.45, 2.75) is 26.7 Å². The fourth-order valence-corrected chi connectivity index (χ4v) is 2.87. The van der Waals surface area contributed by atoms with Crippen LogP contribution in [0.2, 0.25) is 0 Å². The van der Waals surface area contributed by atoms with Crippen LogP contribution in [0.1, 0.15) is 35.9 Å². The minimum atomic E-state index is -0.333. The van der Waals surface area contributed by atoms with E-state index in [1.54, 1.807) is 0 Å². The van der Waals surface area contributed by atoms with Crippen LogP contribution in [-0.2, 0) is 0 Å². The highest BCUT2D eigenvalue weighted by molar-refractivity contribution is 6.01. The minimum Gasteiger partial charge on any atom is -0.453 e. The van der Waals surface area contributed by atoms with Crippen molar-refractivity contribution in [3.05, 3.63) is 35.6 Å². The first-order valence-electron chi connectivity index (χ1n) is 6.85. The number of benzene rings is 1. The number of rotatable bonds is 2. The standard InChI is InChI=1S/C16H19NO2/c1-11-5-3-6-12-9-13(19-14(11)12)15(18)16(2)7-4-8-17-10-16/h3,5-6,9,17H,4,7-8,10H2,1-2H3. The summed E-state index contributed by atoms with van der Waals surface area (Å²) in [4.78, 5) is 12.7. The smallest absolute Gasteiger partial charge is 0.205 e. The van der Waals surface area contributed by atoms with Crippen LogP contribution in [0.5, 0.6) is 0 Å². The zero-order valence-corrected chi connectivity index (χ0v) is 11.5. The molecular formula is C16H19NO2. The number of ketones is 1. The van der Waals surface area contributed by atoms with Gasteiger partial charge in [0.2, 0.25) is 5.78 Å². The number of Topliss-reactive ketones (excluding diaryl/α,β-unsaturated/α-hetero) is 1. The Morgan fingerprint density at radius 2 is 2.26 bits per heavy atom. The van der Waals surface area contributed by atoms with Crippen LogP contribution < -0.4 is 5.32 Å². The van der Waals surface area contributed by atoms with Crippen LogP contribution in [0, 0.1) is 12.3 Å². The molecule has 2 aromatic rings. The van der Waals surface area contributed by atoms with Gasteiger partial charge in [-0.1, -0.05) is 25.1 Å². The Balaban J connectivity index is 1.99. The van der Waals surface area contributed by atoms with Crippen molar-refractivity contribution in [2.75, 3.05) is 13.1 Å². The summed E-state index contributed by atoms with van der Waals surface area (Å²) in [5, 5.41) is 4.32. The third-order valence-electron chi connectivity index (χ3n) is 4.11. The summed E-state index contributed by atoms with van der Waals surface area (Å²) < 4.78 is 5.80. The third kappa shape index (κ3) is 2.08. The number of carbonyl (C=O) groups is 1. The maximum atomic E-state index is 12.7. The number of carbonyl (C=O) groups excluding carboxylic acids is 1. The molecule has 1 aromatic carbocycles. The van der Waals surface area contributed by atoms with Crippen molar-refractivity contribution < 1.29 is 9.21 Å². The molecule has 1 N–H and O–H groups in total. The Morgan fingerprint density at radius 3 is 2.95 bits per heavy atom. The number of nitrogens with one attached hydrogen (secondary N) is 1. The number of piperidine rings is 1. The second-order valence-corrected chi connectivity index (χ2v) is 5.77. The topological polar surface area (TPSA) is 42.2 Å². The molecule has 0 bridgehead atoms. The van der Waals surface area contributed by atoms with Crippen molar-refractivity contribution >= 4 is 16.8 Å². The Hall–Kier alpha value is -1.61. The van der Waals surface area contributed by atoms with Gasteiger partial charge in [0.05, 0.1) is 0 Å². The van der Waals surface area contributed by atoms with Gasteiger partial charge >= 0.3 is 0 Å². The molecule has 1 unspecified atom stereocenters. The van der Waals surface area contributed by atoms with E-state index in [1.165, 1.54) is 0 Å². The first-order chi connectivity index (χ1) is 9.10. The minimum absolute atomic E-state index is 0.121. The van der Waals surface area contributed by atoms with E-state index in [1.807, 2.05) is 38.1 Å². The Morgan fingerprint density at radius 1 is 1.42 bits per heavy atom. The quantitative estimate of drug-likeness (QED) is 0.839. The number of furan rings is 1. The van der Waals surface area contributed by atoms with Gasteiger partial charge in [-0.2, -0.15) is 0 Å². The van der Waals surface area contributed by atoms with Gasteiger partial charge in [-0.3, -0.25) is 4.79 Å². The lowest BCUT2D eigenvalue weighted by Crippen LogP contribution is -2.43. The highest BCUT2D eigenvalue weighted by Crippen LogP contribution is 2.32. The summed E-state index contributed by atoms with van der Waals surface area (Å²) >= 11 is 0. The van der Waals surface area contributed by atoms with E-state index in [9.17, 15) is 4.79 Å². The summed E-state index contributed by atoms with van der Waals surface area (Å²) in [6.07, 6.45) is 1.97. The molecule has 0 saturated carbocycles. The first kappa shape index (κ1) is 12.4. The average molecular weight is 257 g/mol. The van der Waals surface area contributed by atoms with Crippen molar-refractivity contribution in [1.29, 1.82) is 0 Å². The average Bonchev–Trinajstić information content (AvgIpc) is 2.84. The second-order valence-electron chi connectivity index (χ2n) is 5.77. The lowest BCUT2D eigenvalue weighted by atomic mass is 9.78. The van der Waals surface area contributed by atoms with Gasteiger partial charge in [-0.25, -0.2) is 0 Å². The summed E-state index contributed by atoms with van der Waals surface area (Å²) in [5.74, 6) is 0.616. The Labute approximate surface area is 113 Å². The molecule has 1 aliphatic heterocycles. The fraction of sp³-hybridized carbons (Fsp3) is 0.438. The molecule has 1 atom stereocenters. The van der Waals surface area contributed by atoms with Gasteiger partial charge in [0.25, 0.3) is 0 Å². The highest BCUT2D eigenvalue weighted by atomic mass is 16.3. The predicted octanol–water partition coefficient (Wildman–Crippen LogP) is 3.31. The van der Waals surface area contributed by atoms with E-state index >= 15 is 0 Å². The van der Waals surface area contributed by atoms with Crippen molar-refractivity contribution in [3.63, 3.8) is 0 Å². The summed E-state index contributed by atoms with van der Waals surface area (Å²) in [6, 6.07) is 7.86. The predicted molar refractivity (Wildman–Crippen MR) is 75.5 cm³/mol. The summed E-state index contributed by atoms with van der Waals surface area (Å²) in [7, 11) is 0. The number of aryl methyl sites for hydroxylation is 1. The van der Waals surface area contributed by atoms with Gasteiger partial charge < -0.3 is 9.73 Å². The summed E-state index contributed by atoms with van der Waals surface area (Å²) in [5.41, 5.74) is 1.57. The molecule has 3 heteroatoms. The maximum Gasteiger partial charge on any atom is 0.205 e. The number of fused-ring (bicyclic) bond motifs is 1. The van der Waals surface area contributed by atoms with E-state index in [-0.39, 0.29) is 11.2 Å². The monoisotopic (exact) mass is 257 g/mol. The largest absolute Gasteiger partial charge is 0.453 e. The second kappa shape index (κ2) is 4.49. The molecule has 2 heterocycles. The zero-order chi connectivity index (χ0) is 13.5. The molecule has 1 aliphatic rings. The molecule has 1 fully saturated rings. The van der Waals surface area contributed by atoms with Crippen LogP contribution in [0.4, 0.5) is 0 Å². The van der Waals surface area contributed by atoms with Crippen LogP contribution >= 0.6 is 0 Å². The molecular weight excluding hydrogens is 238 g/mol. The summed E-state index contributed by atoms with van der Waals surface area (Å²) in [6.45, 7) is 5.77. The molecule has 1 aromatic heterocycles. The molecule has 0 aliphatic carbocycles. The molecule has 0 spiro atoms. The van der Waals surface area contributed by atoms with Gasteiger partial charge in [-0.05, 0) is 37.9 Å². The van der Waals surface area contributed by atoms with Gasteiger partial charge in [0.1, 0.15) is 5.58 Å². The van der Waals surface area contributed by atoms with Crippen LogP contribution in [0.25, 0.3) is 11.0 Å². The van der Waals surface area contributed by atoms with E-state index in [0.717, 1.165) is 42.5 Å². The molecule has 1 saturated heterocycles. The molecule has 19 heavy (non-hydrogen) atoms. The number of hydrogen-bond donors (Lipinski definition) is 1. The normalized spacial score (nSPS) is 23.7. The number of hydrogen-bond acceptors (Lipinski definition) is 3. The van der Waals surface area contributed by atoms with E-state index in [0.29, 0.717) is 5.76 Å². The SMILES string of the molecule is Cc1cccc2cc(C(=O)C3(C)CCCNC3)oc12.